The highest BCUT2D eigenvalue weighted by Crippen LogP contribution is 2.15. The molecule has 0 aliphatic heterocycles. The van der Waals surface area contributed by atoms with Crippen LogP contribution in [0.2, 0.25) is 0 Å². The SMILES string of the molecule is Cc1ccc(NC(=O)[C@@H](C)OC(=O)c2ccc(OCC(C)C)cc2)cc1. The minimum Gasteiger partial charge on any atom is -0.493 e. The largest absolute Gasteiger partial charge is 0.493 e. The number of hydrogen-bond acceptors (Lipinski definition) is 4. The number of aryl methyl sites for hydroxylation is 1. The van der Waals surface area contributed by atoms with E-state index < -0.39 is 12.1 Å². The van der Waals surface area contributed by atoms with Gasteiger partial charge in [0.15, 0.2) is 6.10 Å². The molecule has 0 unspecified atom stereocenters. The Hall–Kier alpha value is -2.82. The van der Waals surface area contributed by atoms with E-state index in [-0.39, 0.29) is 5.91 Å². The van der Waals surface area contributed by atoms with Gasteiger partial charge in [-0.3, -0.25) is 4.79 Å². The lowest BCUT2D eigenvalue weighted by molar-refractivity contribution is -0.123. The van der Waals surface area contributed by atoms with Gasteiger partial charge in [-0.2, -0.15) is 0 Å². The van der Waals surface area contributed by atoms with Crippen LogP contribution in [0.5, 0.6) is 5.75 Å². The molecule has 0 radical (unpaired) electrons. The summed E-state index contributed by atoms with van der Waals surface area (Å²) in [6.45, 7) is 8.25. The summed E-state index contributed by atoms with van der Waals surface area (Å²) in [5.41, 5.74) is 2.13. The maximum absolute atomic E-state index is 12.2. The van der Waals surface area contributed by atoms with E-state index in [1.54, 1.807) is 43.3 Å². The Kier molecular flexibility index (Phi) is 6.78. The molecule has 0 fully saturated rings. The number of rotatable bonds is 7. The molecule has 0 aliphatic rings. The van der Waals surface area contributed by atoms with Crippen molar-refractivity contribution in [3.8, 4) is 5.75 Å². The summed E-state index contributed by atoms with van der Waals surface area (Å²) < 4.78 is 10.8. The normalized spacial score (nSPS) is 11.7. The highest BCUT2D eigenvalue weighted by atomic mass is 16.5. The molecule has 0 aromatic heterocycles. The molecule has 0 saturated carbocycles. The number of benzene rings is 2. The fraction of sp³-hybridized carbons (Fsp3) is 0.333. The van der Waals surface area contributed by atoms with Crippen molar-refractivity contribution >= 4 is 17.6 Å². The number of anilines is 1. The van der Waals surface area contributed by atoms with Crippen LogP contribution in [0, 0.1) is 12.8 Å². The van der Waals surface area contributed by atoms with Crippen LogP contribution in [0.25, 0.3) is 0 Å². The lowest BCUT2D eigenvalue weighted by Gasteiger charge is -2.14. The highest BCUT2D eigenvalue weighted by molar-refractivity contribution is 5.97. The standard InChI is InChI=1S/C21H25NO4/c1-14(2)13-25-19-11-7-17(8-12-19)21(24)26-16(4)20(23)22-18-9-5-15(3)6-10-18/h5-12,14,16H,13H2,1-4H3,(H,22,23)/t16-/m1/s1. The summed E-state index contributed by atoms with van der Waals surface area (Å²) in [4.78, 5) is 24.3. The van der Waals surface area contributed by atoms with Crippen LogP contribution in [0.4, 0.5) is 5.69 Å². The van der Waals surface area contributed by atoms with Gasteiger partial charge in [-0.25, -0.2) is 4.79 Å². The number of nitrogens with one attached hydrogen (secondary N) is 1. The van der Waals surface area contributed by atoms with Crippen molar-refractivity contribution in [2.75, 3.05) is 11.9 Å². The van der Waals surface area contributed by atoms with Crippen LogP contribution in [0.3, 0.4) is 0 Å². The van der Waals surface area contributed by atoms with Gasteiger partial charge in [0.25, 0.3) is 5.91 Å². The molecule has 2 aromatic rings. The van der Waals surface area contributed by atoms with Gasteiger partial charge in [0.1, 0.15) is 5.75 Å². The first-order valence-electron chi connectivity index (χ1n) is 8.66. The van der Waals surface area contributed by atoms with Crippen molar-refractivity contribution in [3.05, 3.63) is 59.7 Å². The molecule has 0 saturated heterocycles. The second-order valence-electron chi connectivity index (χ2n) is 6.63. The molecule has 2 aromatic carbocycles. The second kappa shape index (κ2) is 9.04. The zero-order chi connectivity index (χ0) is 19.1. The minimum atomic E-state index is -0.902. The highest BCUT2D eigenvalue weighted by Gasteiger charge is 2.19. The van der Waals surface area contributed by atoms with Gasteiger partial charge in [-0.15, -0.1) is 0 Å². The zero-order valence-electron chi connectivity index (χ0n) is 15.6. The number of ether oxygens (including phenoxy) is 2. The van der Waals surface area contributed by atoms with E-state index in [0.29, 0.717) is 29.5 Å². The Balaban J connectivity index is 1.89. The number of hydrogen-bond donors (Lipinski definition) is 1. The molecule has 1 N–H and O–H groups in total. The molecular weight excluding hydrogens is 330 g/mol. The average molecular weight is 355 g/mol. The number of amides is 1. The molecule has 1 amide bonds. The van der Waals surface area contributed by atoms with Crippen molar-refractivity contribution in [3.63, 3.8) is 0 Å². The fourth-order valence-electron chi connectivity index (χ4n) is 2.11. The Morgan fingerprint density at radius 3 is 2.15 bits per heavy atom. The van der Waals surface area contributed by atoms with E-state index in [1.165, 1.54) is 0 Å². The van der Waals surface area contributed by atoms with Gasteiger partial charge in [0.2, 0.25) is 0 Å². The lowest BCUT2D eigenvalue weighted by Crippen LogP contribution is -2.30. The van der Waals surface area contributed by atoms with Crippen LogP contribution in [0.15, 0.2) is 48.5 Å². The molecule has 0 aliphatic carbocycles. The van der Waals surface area contributed by atoms with Crippen molar-refractivity contribution in [2.45, 2.75) is 33.8 Å². The van der Waals surface area contributed by atoms with Crippen LogP contribution in [-0.4, -0.2) is 24.6 Å². The van der Waals surface area contributed by atoms with Crippen molar-refractivity contribution < 1.29 is 19.1 Å². The molecule has 0 bridgehead atoms. The molecule has 0 heterocycles. The predicted molar refractivity (Wildman–Crippen MR) is 101 cm³/mol. The van der Waals surface area contributed by atoms with Crippen molar-refractivity contribution in [1.29, 1.82) is 0 Å². The Morgan fingerprint density at radius 2 is 1.58 bits per heavy atom. The van der Waals surface area contributed by atoms with Gasteiger partial charge in [0, 0.05) is 5.69 Å². The molecule has 2 rings (SSSR count). The number of carbonyl (C=O) groups is 2. The van der Waals surface area contributed by atoms with Crippen LogP contribution in [0.1, 0.15) is 36.7 Å². The Labute approximate surface area is 154 Å². The first-order chi connectivity index (χ1) is 12.3. The van der Waals surface area contributed by atoms with Crippen LogP contribution >= 0.6 is 0 Å². The van der Waals surface area contributed by atoms with E-state index in [0.717, 1.165) is 5.56 Å². The molecule has 138 valence electrons. The third-order valence-corrected chi connectivity index (χ3v) is 3.65. The van der Waals surface area contributed by atoms with E-state index in [1.807, 2.05) is 19.1 Å². The topological polar surface area (TPSA) is 64.6 Å². The van der Waals surface area contributed by atoms with Gasteiger partial charge in [-0.1, -0.05) is 31.5 Å². The van der Waals surface area contributed by atoms with Gasteiger partial charge < -0.3 is 14.8 Å². The van der Waals surface area contributed by atoms with E-state index in [2.05, 4.69) is 19.2 Å². The maximum atomic E-state index is 12.2. The smallest absolute Gasteiger partial charge is 0.338 e. The second-order valence-corrected chi connectivity index (χ2v) is 6.63. The molecular formula is C21H25NO4. The molecule has 5 heteroatoms. The molecule has 5 nitrogen and oxygen atoms in total. The van der Waals surface area contributed by atoms with Crippen LogP contribution < -0.4 is 10.1 Å². The van der Waals surface area contributed by atoms with E-state index in [4.69, 9.17) is 9.47 Å². The van der Waals surface area contributed by atoms with Gasteiger partial charge in [0.05, 0.1) is 12.2 Å². The van der Waals surface area contributed by atoms with Crippen LogP contribution in [-0.2, 0) is 9.53 Å². The summed E-state index contributed by atoms with van der Waals surface area (Å²) in [5, 5.41) is 2.73. The molecule has 26 heavy (non-hydrogen) atoms. The zero-order valence-corrected chi connectivity index (χ0v) is 15.6. The first kappa shape index (κ1) is 19.5. The Bertz CT molecular complexity index is 736. The van der Waals surface area contributed by atoms with Crippen molar-refractivity contribution in [2.24, 2.45) is 5.92 Å². The first-order valence-corrected chi connectivity index (χ1v) is 8.66. The third-order valence-electron chi connectivity index (χ3n) is 3.65. The lowest BCUT2D eigenvalue weighted by atomic mass is 10.2. The van der Waals surface area contributed by atoms with E-state index >= 15 is 0 Å². The van der Waals surface area contributed by atoms with Crippen molar-refractivity contribution in [1.82, 2.24) is 0 Å². The Morgan fingerprint density at radius 1 is 0.962 bits per heavy atom. The minimum absolute atomic E-state index is 0.372. The average Bonchev–Trinajstić information content (AvgIpc) is 2.62. The maximum Gasteiger partial charge on any atom is 0.338 e. The summed E-state index contributed by atoms with van der Waals surface area (Å²) in [5.74, 6) is 0.194. The van der Waals surface area contributed by atoms with Gasteiger partial charge >= 0.3 is 5.97 Å². The number of esters is 1. The predicted octanol–water partition coefficient (Wildman–Crippen LogP) is 4.21. The molecule has 1 atom stereocenters. The quantitative estimate of drug-likeness (QED) is 0.756. The summed E-state index contributed by atoms with van der Waals surface area (Å²) >= 11 is 0. The summed E-state index contributed by atoms with van der Waals surface area (Å²) in [6, 6.07) is 14.1. The molecule has 0 spiro atoms. The number of carbonyl (C=O) groups excluding carboxylic acids is 2. The summed E-state index contributed by atoms with van der Waals surface area (Å²) in [6.07, 6.45) is -0.902. The monoisotopic (exact) mass is 355 g/mol. The summed E-state index contributed by atoms with van der Waals surface area (Å²) in [7, 11) is 0. The third kappa shape index (κ3) is 5.92. The van der Waals surface area contributed by atoms with Gasteiger partial charge in [-0.05, 0) is 56.2 Å². The van der Waals surface area contributed by atoms with E-state index in [9.17, 15) is 9.59 Å². The fourth-order valence-corrected chi connectivity index (χ4v) is 2.11.